The zero-order valence-electron chi connectivity index (χ0n) is 14.9. The van der Waals surface area contributed by atoms with Gasteiger partial charge in [0.25, 0.3) is 5.91 Å². The molecular weight excluding hydrogens is 310 g/mol. The van der Waals surface area contributed by atoms with E-state index in [-0.39, 0.29) is 5.91 Å². The molecule has 5 rings (SSSR count). The van der Waals surface area contributed by atoms with Crippen molar-refractivity contribution in [3.05, 3.63) is 36.0 Å². The molecule has 4 heteroatoms. The molecule has 0 radical (unpaired) electrons. The Kier molecular flexibility index (Phi) is 3.40. The van der Waals surface area contributed by atoms with Gasteiger partial charge in [0, 0.05) is 32.1 Å². The second-order valence-electron chi connectivity index (χ2n) is 7.75. The third kappa shape index (κ3) is 2.38. The minimum atomic E-state index is 0.195. The first-order chi connectivity index (χ1) is 12.2. The Bertz CT molecular complexity index is 954. The maximum Gasteiger partial charge on any atom is 0.270 e. The summed E-state index contributed by atoms with van der Waals surface area (Å²) in [5.74, 6) is 1.00. The topological polar surface area (TPSA) is 30.2 Å². The molecule has 0 bridgehead atoms. The summed E-state index contributed by atoms with van der Waals surface area (Å²) in [5.41, 5.74) is 4.56. The van der Waals surface area contributed by atoms with E-state index in [1.54, 1.807) is 0 Å². The number of amides is 1. The summed E-state index contributed by atoms with van der Waals surface area (Å²) in [7, 11) is 2.05. The number of benzene rings is 1. The first-order valence-corrected chi connectivity index (χ1v) is 9.60. The summed E-state index contributed by atoms with van der Waals surface area (Å²) < 4.78 is 4.56. The second kappa shape index (κ2) is 5.65. The average Bonchev–Trinajstić information content (AvgIpc) is 3.34. The van der Waals surface area contributed by atoms with Crippen LogP contribution in [0.2, 0.25) is 0 Å². The Morgan fingerprint density at radius 1 is 1.08 bits per heavy atom. The average molecular weight is 335 g/mol. The number of likely N-dealkylation sites (tertiary alicyclic amines) is 1. The lowest BCUT2D eigenvalue weighted by Gasteiger charge is -2.26. The highest BCUT2D eigenvalue weighted by Gasteiger charge is 2.27. The van der Waals surface area contributed by atoms with Crippen LogP contribution < -0.4 is 0 Å². The maximum absolute atomic E-state index is 13.1. The molecule has 0 N–H and O–H groups in total. The zero-order valence-corrected chi connectivity index (χ0v) is 14.9. The van der Waals surface area contributed by atoms with Gasteiger partial charge in [0.05, 0.1) is 16.6 Å². The minimum absolute atomic E-state index is 0.195. The summed E-state index contributed by atoms with van der Waals surface area (Å²) >= 11 is 0. The molecule has 2 fully saturated rings. The lowest BCUT2D eigenvalue weighted by molar-refractivity contribution is 0.0715. The molecule has 2 aromatic heterocycles. The molecule has 0 unspecified atom stereocenters. The molecule has 2 aliphatic rings. The molecule has 1 aliphatic carbocycles. The molecule has 1 aliphatic heterocycles. The standard InChI is InChI=1S/C21H25N3O/c1-22-19(21(25)23-11-5-2-6-12-23)13-18-20(22)16-7-3-4-8-17(16)24(18)14-15-9-10-15/h3-4,7-8,13,15H,2,5-6,9-12,14H2,1H3. The third-order valence-corrected chi connectivity index (χ3v) is 5.95. The van der Waals surface area contributed by atoms with E-state index in [1.165, 1.54) is 41.2 Å². The van der Waals surface area contributed by atoms with Gasteiger partial charge in [-0.15, -0.1) is 0 Å². The molecule has 25 heavy (non-hydrogen) atoms. The number of piperidine rings is 1. The van der Waals surface area contributed by atoms with Gasteiger partial charge in [0.2, 0.25) is 0 Å². The number of aromatic nitrogens is 2. The summed E-state index contributed by atoms with van der Waals surface area (Å²) in [6, 6.07) is 10.8. The van der Waals surface area contributed by atoms with Crippen molar-refractivity contribution in [3.63, 3.8) is 0 Å². The lowest BCUT2D eigenvalue weighted by Crippen LogP contribution is -2.36. The molecule has 3 aromatic rings. The van der Waals surface area contributed by atoms with Crippen molar-refractivity contribution in [1.29, 1.82) is 0 Å². The number of hydrogen-bond donors (Lipinski definition) is 0. The predicted octanol–water partition coefficient (Wildman–Crippen LogP) is 4.17. The highest BCUT2D eigenvalue weighted by atomic mass is 16.2. The van der Waals surface area contributed by atoms with E-state index < -0.39 is 0 Å². The Morgan fingerprint density at radius 2 is 1.84 bits per heavy atom. The van der Waals surface area contributed by atoms with Crippen LogP contribution >= 0.6 is 0 Å². The molecule has 0 spiro atoms. The highest BCUT2D eigenvalue weighted by Crippen LogP contribution is 2.37. The fraction of sp³-hybridized carbons (Fsp3) is 0.476. The predicted molar refractivity (Wildman–Crippen MR) is 101 cm³/mol. The van der Waals surface area contributed by atoms with Crippen molar-refractivity contribution in [2.75, 3.05) is 13.1 Å². The normalized spacial score (nSPS) is 18.4. The molecule has 4 nitrogen and oxygen atoms in total. The number of hydrogen-bond acceptors (Lipinski definition) is 1. The Balaban J connectivity index is 1.66. The van der Waals surface area contributed by atoms with Crippen LogP contribution in [0.5, 0.6) is 0 Å². The largest absolute Gasteiger partial charge is 0.339 e. The van der Waals surface area contributed by atoms with Gasteiger partial charge in [0.15, 0.2) is 0 Å². The summed E-state index contributed by atoms with van der Waals surface area (Å²) in [6.07, 6.45) is 6.18. The van der Waals surface area contributed by atoms with Crippen LogP contribution in [0.1, 0.15) is 42.6 Å². The third-order valence-electron chi connectivity index (χ3n) is 5.95. The number of aryl methyl sites for hydroxylation is 1. The monoisotopic (exact) mass is 335 g/mol. The van der Waals surface area contributed by atoms with Crippen LogP contribution in [-0.2, 0) is 13.6 Å². The molecule has 1 aromatic carbocycles. The van der Waals surface area contributed by atoms with Gasteiger partial charge in [0.1, 0.15) is 5.69 Å². The fourth-order valence-electron chi connectivity index (χ4n) is 4.37. The van der Waals surface area contributed by atoms with Crippen molar-refractivity contribution in [2.45, 2.75) is 38.6 Å². The minimum Gasteiger partial charge on any atom is -0.339 e. The van der Waals surface area contributed by atoms with Crippen molar-refractivity contribution in [3.8, 4) is 0 Å². The Morgan fingerprint density at radius 3 is 2.60 bits per heavy atom. The lowest BCUT2D eigenvalue weighted by atomic mass is 10.1. The quantitative estimate of drug-likeness (QED) is 0.706. The van der Waals surface area contributed by atoms with Crippen molar-refractivity contribution >= 4 is 27.8 Å². The maximum atomic E-state index is 13.1. The smallest absolute Gasteiger partial charge is 0.270 e. The van der Waals surface area contributed by atoms with Crippen LogP contribution in [0.25, 0.3) is 21.9 Å². The highest BCUT2D eigenvalue weighted by molar-refractivity contribution is 6.10. The first kappa shape index (κ1) is 15.1. The number of carbonyl (C=O) groups is 1. The van der Waals surface area contributed by atoms with E-state index in [9.17, 15) is 4.79 Å². The second-order valence-corrected chi connectivity index (χ2v) is 7.75. The van der Waals surface area contributed by atoms with Gasteiger partial charge < -0.3 is 14.0 Å². The fourth-order valence-corrected chi connectivity index (χ4v) is 4.37. The van der Waals surface area contributed by atoms with Crippen LogP contribution in [0, 0.1) is 5.92 Å². The van der Waals surface area contributed by atoms with Crippen LogP contribution in [0.3, 0.4) is 0 Å². The van der Waals surface area contributed by atoms with Crippen LogP contribution in [0.15, 0.2) is 30.3 Å². The number of carbonyl (C=O) groups excluding carboxylic acids is 1. The Labute approximate surface area is 148 Å². The van der Waals surface area contributed by atoms with E-state index >= 15 is 0 Å². The van der Waals surface area contributed by atoms with Gasteiger partial charge in [-0.05, 0) is 50.2 Å². The summed E-state index contributed by atoms with van der Waals surface area (Å²) in [5, 5.41) is 1.26. The Hall–Kier alpha value is -2.23. The van der Waals surface area contributed by atoms with Crippen LogP contribution in [0.4, 0.5) is 0 Å². The zero-order chi connectivity index (χ0) is 17.0. The van der Waals surface area contributed by atoms with Crippen molar-refractivity contribution in [1.82, 2.24) is 14.0 Å². The molecule has 1 amide bonds. The van der Waals surface area contributed by atoms with E-state index in [0.29, 0.717) is 0 Å². The molecule has 1 saturated carbocycles. The van der Waals surface area contributed by atoms with E-state index in [0.717, 1.165) is 44.1 Å². The van der Waals surface area contributed by atoms with Crippen molar-refractivity contribution in [2.24, 2.45) is 13.0 Å². The number of nitrogens with zero attached hydrogens (tertiary/aromatic N) is 3. The van der Waals surface area contributed by atoms with Gasteiger partial charge in [-0.25, -0.2) is 0 Å². The van der Waals surface area contributed by atoms with Gasteiger partial charge >= 0.3 is 0 Å². The number of fused-ring (bicyclic) bond motifs is 3. The molecule has 0 atom stereocenters. The van der Waals surface area contributed by atoms with E-state index in [2.05, 4.69) is 39.5 Å². The summed E-state index contributed by atoms with van der Waals surface area (Å²) in [4.78, 5) is 15.1. The van der Waals surface area contributed by atoms with Gasteiger partial charge in [-0.1, -0.05) is 18.2 Å². The van der Waals surface area contributed by atoms with Crippen molar-refractivity contribution < 1.29 is 4.79 Å². The first-order valence-electron chi connectivity index (χ1n) is 9.60. The van der Waals surface area contributed by atoms with Gasteiger partial charge in [-0.2, -0.15) is 0 Å². The molecule has 3 heterocycles. The number of rotatable bonds is 3. The van der Waals surface area contributed by atoms with Gasteiger partial charge in [-0.3, -0.25) is 4.79 Å². The molecule has 1 saturated heterocycles. The van der Waals surface area contributed by atoms with Crippen LogP contribution in [-0.4, -0.2) is 33.0 Å². The molecular formula is C21H25N3O. The molecule has 130 valence electrons. The summed E-state index contributed by atoms with van der Waals surface area (Å²) in [6.45, 7) is 2.87. The van der Waals surface area contributed by atoms with E-state index in [1.807, 2.05) is 11.9 Å². The van der Waals surface area contributed by atoms with E-state index in [4.69, 9.17) is 0 Å². The number of para-hydroxylation sites is 1. The SMILES string of the molecule is Cn1c(C(=O)N2CCCCC2)cc2c1c1ccccc1n2CC1CC1.